The smallest absolute Gasteiger partial charge is 0.247 e. The van der Waals surface area contributed by atoms with Gasteiger partial charge in [0.2, 0.25) is 11.8 Å². The Hall–Kier alpha value is -0.950. The first-order valence-corrected chi connectivity index (χ1v) is 7.85. The summed E-state index contributed by atoms with van der Waals surface area (Å²) in [4.78, 5) is 0. The van der Waals surface area contributed by atoms with Crippen molar-refractivity contribution in [2.45, 2.75) is 39.2 Å². The molecule has 1 heterocycles. The highest BCUT2D eigenvalue weighted by Crippen LogP contribution is 2.20. The van der Waals surface area contributed by atoms with Crippen molar-refractivity contribution in [1.29, 1.82) is 0 Å². The lowest BCUT2D eigenvalue weighted by atomic mass is 10.1. The van der Waals surface area contributed by atoms with Crippen molar-refractivity contribution in [2.24, 2.45) is 0 Å². The van der Waals surface area contributed by atoms with E-state index < -0.39 is 0 Å². The summed E-state index contributed by atoms with van der Waals surface area (Å²) in [5.74, 6) is 1.30. The number of halogens is 1. The van der Waals surface area contributed by atoms with E-state index in [1.54, 1.807) is 0 Å². The van der Waals surface area contributed by atoms with Gasteiger partial charge in [-0.15, -0.1) is 10.2 Å². The van der Waals surface area contributed by atoms with Gasteiger partial charge >= 0.3 is 0 Å². The van der Waals surface area contributed by atoms with Gasteiger partial charge in [-0.25, -0.2) is 0 Å². The maximum absolute atomic E-state index is 5.70. The number of hydrogen-bond donors (Lipinski definition) is 1. The molecule has 0 aliphatic rings. The molecule has 0 aliphatic heterocycles. The van der Waals surface area contributed by atoms with E-state index in [0.717, 1.165) is 28.5 Å². The Balaban J connectivity index is 1.90. The van der Waals surface area contributed by atoms with E-state index >= 15 is 0 Å². The number of rotatable bonds is 5. The Labute approximate surface area is 133 Å². The molecule has 0 aliphatic carbocycles. The third-order valence-corrected chi connectivity index (χ3v) is 3.43. The van der Waals surface area contributed by atoms with Crippen LogP contribution in [0.2, 0.25) is 0 Å². The first-order chi connectivity index (χ1) is 9.44. The average molecular weight is 385 g/mol. The molecule has 0 unspecified atom stereocenters. The van der Waals surface area contributed by atoms with Gasteiger partial charge in [0, 0.05) is 21.1 Å². The van der Waals surface area contributed by atoms with Crippen LogP contribution >= 0.6 is 22.6 Å². The summed E-state index contributed by atoms with van der Waals surface area (Å²) in [7, 11) is 0. The summed E-state index contributed by atoms with van der Waals surface area (Å²) in [6, 6.07) is 8.06. The molecule has 5 heteroatoms. The van der Waals surface area contributed by atoms with Gasteiger partial charge in [-0.1, -0.05) is 6.07 Å². The summed E-state index contributed by atoms with van der Waals surface area (Å²) < 4.78 is 6.86. The topological polar surface area (TPSA) is 51.0 Å². The summed E-state index contributed by atoms with van der Waals surface area (Å²) in [5.41, 5.74) is 1.13. The minimum atomic E-state index is 0.154. The third-order valence-electron chi connectivity index (χ3n) is 2.76. The average Bonchev–Trinajstić information content (AvgIpc) is 2.82. The highest BCUT2D eigenvalue weighted by atomic mass is 127. The van der Waals surface area contributed by atoms with Crippen molar-refractivity contribution in [3.63, 3.8) is 0 Å². The number of hydrogen-bond acceptors (Lipinski definition) is 4. The summed E-state index contributed by atoms with van der Waals surface area (Å²) in [6.45, 7) is 7.43. The molecule has 1 aromatic heterocycles. The fourth-order valence-electron chi connectivity index (χ4n) is 1.80. The largest absolute Gasteiger partial charge is 0.421 e. The zero-order valence-electron chi connectivity index (χ0n) is 12.1. The van der Waals surface area contributed by atoms with E-state index in [2.05, 4.69) is 58.9 Å². The lowest BCUT2D eigenvalue weighted by Gasteiger charge is -2.19. The molecular weight excluding hydrogens is 365 g/mol. The fourth-order valence-corrected chi connectivity index (χ4v) is 2.34. The van der Waals surface area contributed by atoms with Gasteiger partial charge in [0.1, 0.15) is 0 Å². The fraction of sp³-hybridized carbons (Fsp3) is 0.467. The molecular formula is C15H20IN3O. The Kier molecular flexibility index (Phi) is 5.15. The van der Waals surface area contributed by atoms with Gasteiger partial charge in [0.25, 0.3) is 0 Å². The Morgan fingerprint density at radius 3 is 2.75 bits per heavy atom. The van der Waals surface area contributed by atoms with Crippen LogP contribution in [-0.2, 0) is 6.42 Å². The minimum Gasteiger partial charge on any atom is -0.421 e. The molecule has 108 valence electrons. The van der Waals surface area contributed by atoms with Crippen molar-refractivity contribution < 1.29 is 4.42 Å². The van der Waals surface area contributed by atoms with Crippen LogP contribution in [0.3, 0.4) is 0 Å². The Bertz CT molecular complexity index is 560. The normalized spacial score (nSPS) is 11.8. The predicted molar refractivity (Wildman–Crippen MR) is 88.5 cm³/mol. The number of aromatic nitrogens is 2. The molecule has 4 nitrogen and oxygen atoms in total. The predicted octanol–water partition coefficient (Wildman–Crippen LogP) is 3.66. The van der Waals surface area contributed by atoms with Crippen molar-refractivity contribution in [1.82, 2.24) is 15.5 Å². The molecule has 20 heavy (non-hydrogen) atoms. The van der Waals surface area contributed by atoms with E-state index in [-0.39, 0.29) is 5.54 Å². The maximum Gasteiger partial charge on any atom is 0.247 e. The molecule has 1 aromatic carbocycles. The van der Waals surface area contributed by atoms with Crippen molar-refractivity contribution in [2.75, 3.05) is 6.54 Å². The van der Waals surface area contributed by atoms with Crippen LogP contribution in [-0.4, -0.2) is 22.3 Å². The molecule has 2 rings (SSSR count). The lowest BCUT2D eigenvalue weighted by molar-refractivity contribution is 0.412. The lowest BCUT2D eigenvalue weighted by Crippen LogP contribution is -2.36. The summed E-state index contributed by atoms with van der Waals surface area (Å²) in [6.07, 6.45) is 1.80. The van der Waals surface area contributed by atoms with Crippen LogP contribution in [0.5, 0.6) is 0 Å². The van der Waals surface area contributed by atoms with Crippen LogP contribution in [0.25, 0.3) is 11.5 Å². The maximum atomic E-state index is 5.70. The van der Waals surface area contributed by atoms with Crippen LogP contribution in [0.15, 0.2) is 28.7 Å². The summed E-state index contributed by atoms with van der Waals surface area (Å²) >= 11 is 2.28. The molecule has 1 N–H and O–H groups in total. The highest BCUT2D eigenvalue weighted by molar-refractivity contribution is 14.1. The van der Waals surface area contributed by atoms with E-state index in [4.69, 9.17) is 4.42 Å². The van der Waals surface area contributed by atoms with Crippen molar-refractivity contribution >= 4 is 22.6 Å². The minimum absolute atomic E-state index is 0.154. The molecule has 0 saturated heterocycles. The number of aryl methyl sites for hydroxylation is 1. The molecule has 0 bridgehead atoms. The number of benzene rings is 1. The van der Waals surface area contributed by atoms with Gasteiger partial charge in [0.05, 0.1) is 0 Å². The molecule has 2 aromatic rings. The number of nitrogens with zero attached hydrogens (tertiary/aromatic N) is 2. The van der Waals surface area contributed by atoms with E-state index in [9.17, 15) is 0 Å². The molecule has 0 fully saturated rings. The monoisotopic (exact) mass is 385 g/mol. The van der Waals surface area contributed by atoms with Gasteiger partial charge in [-0.3, -0.25) is 0 Å². The molecule has 0 saturated carbocycles. The molecule has 0 amide bonds. The van der Waals surface area contributed by atoms with Gasteiger partial charge in [0.15, 0.2) is 0 Å². The second kappa shape index (κ2) is 6.67. The van der Waals surface area contributed by atoms with Crippen LogP contribution in [0.4, 0.5) is 0 Å². The highest BCUT2D eigenvalue weighted by Gasteiger charge is 2.10. The second-order valence-corrected chi connectivity index (χ2v) is 7.04. The van der Waals surface area contributed by atoms with Crippen LogP contribution in [0, 0.1) is 3.57 Å². The van der Waals surface area contributed by atoms with Crippen molar-refractivity contribution in [3.8, 4) is 11.5 Å². The molecule has 0 atom stereocenters. The van der Waals surface area contributed by atoms with Gasteiger partial charge in [-0.05, 0) is 74.5 Å². The summed E-state index contributed by atoms with van der Waals surface area (Å²) in [5, 5.41) is 11.7. The van der Waals surface area contributed by atoms with Crippen LogP contribution < -0.4 is 5.32 Å². The number of nitrogens with one attached hydrogen (secondary N) is 1. The standard InChI is InChI=1S/C15H20IN3O/c1-15(2,3)17-9-5-8-13-18-19-14(20-13)11-6-4-7-12(16)10-11/h4,6-7,10,17H,5,8-9H2,1-3H3. The second-order valence-electron chi connectivity index (χ2n) is 5.79. The quantitative estimate of drug-likeness (QED) is 0.631. The van der Waals surface area contributed by atoms with Crippen molar-refractivity contribution in [3.05, 3.63) is 33.7 Å². The van der Waals surface area contributed by atoms with E-state index in [1.165, 1.54) is 0 Å². The van der Waals surface area contributed by atoms with E-state index in [1.807, 2.05) is 24.3 Å². The van der Waals surface area contributed by atoms with Gasteiger partial charge in [-0.2, -0.15) is 0 Å². The third kappa shape index (κ3) is 4.86. The van der Waals surface area contributed by atoms with Crippen LogP contribution in [0.1, 0.15) is 33.1 Å². The Morgan fingerprint density at radius 2 is 2.05 bits per heavy atom. The zero-order valence-corrected chi connectivity index (χ0v) is 14.3. The van der Waals surface area contributed by atoms with E-state index in [0.29, 0.717) is 11.8 Å². The van der Waals surface area contributed by atoms with Gasteiger partial charge < -0.3 is 9.73 Å². The molecule has 0 spiro atoms. The SMILES string of the molecule is CC(C)(C)NCCCc1nnc(-c2cccc(I)c2)o1. The Morgan fingerprint density at radius 1 is 1.25 bits per heavy atom. The molecule has 0 radical (unpaired) electrons. The first kappa shape index (κ1) is 15.4. The zero-order chi connectivity index (χ0) is 14.6. The first-order valence-electron chi connectivity index (χ1n) is 6.77.